The third kappa shape index (κ3) is 3.19. The molecule has 0 heterocycles. The van der Waals surface area contributed by atoms with Crippen LogP contribution in [0.3, 0.4) is 0 Å². The van der Waals surface area contributed by atoms with Crippen molar-refractivity contribution in [1.29, 1.82) is 0 Å². The summed E-state index contributed by atoms with van der Waals surface area (Å²) in [5.41, 5.74) is 0.735. The summed E-state index contributed by atoms with van der Waals surface area (Å²) in [5, 5.41) is 0. The Morgan fingerprint density at radius 3 is 2.48 bits per heavy atom. The van der Waals surface area contributed by atoms with E-state index in [0.29, 0.717) is 5.56 Å². The number of sulfonamides is 1. The minimum atomic E-state index is -3.82. The van der Waals surface area contributed by atoms with Crippen LogP contribution in [0.1, 0.15) is 12.5 Å². The second kappa shape index (κ2) is 6.45. The van der Waals surface area contributed by atoms with Crippen molar-refractivity contribution in [2.45, 2.75) is 17.7 Å². The molecule has 6 heteroatoms. The molecule has 0 spiro atoms. The van der Waals surface area contributed by atoms with Crippen LogP contribution < -0.4 is 4.31 Å². The summed E-state index contributed by atoms with van der Waals surface area (Å²) in [6, 6.07) is 12.2. The lowest BCUT2D eigenvalue weighted by Gasteiger charge is -2.23. The number of para-hydroxylation sites is 1. The predicted molar refractivity (Wildman–Crippen MR) is 82.6 cm³/mol. The molecule has 0 aliphatic carbocycles. The maximum Gasteiger partial charge on any atom is 0.264 e. The molecule has 0 radical (unpaired) electrons. The third-order valence-electron chi connectivity index (χ3n) is 3.05. The van der Waals surface area contributed by atoms with Crippen LogP contribution in [0, 0.1) is 5.82 Å². The molecule has 112 valence electrons. The van der Waals surface area contributed by atoms with Crippen molar-refractivity contribution in [3.8, 4) is 0 Å². The predicted octanol–water partition coefficient (Wildman–Crippen LogP) is 3.78. The second-order valence-electron chi connectivity index (χ2n) is 4.40. The van der Waals surface area contributed by atoms with Gasteiger partial charge in [-0.2, -0.15) is 0 Å². The summed E-state index contributed by atoms with van der Waals surface area (Å²) in [6.45, 7) is 1.80. The average molecular weight is 328 g/mol. The number of benzene rings is 2. The molecular weight excluding hydrogens is 313 g/mol. The van der Waals surface area contributed by atoms with E-state index in [0.717, 1.165) is 4.31 Å². The van der Waals surface area contributed by atoms with Crippen LogP contribution in [-0.4, -0.2) is 15.0 Å². The number of halogens is 2. The number of hydrogen-bond donors (Lipinski definition) is 0. The number of alkyl halides is 1. The normalized spacial score (nSPS) is 11.4. The Morgan fingerprint density at radius 1 is 1.14 bits per heavy atom. The first-order chi connectivity index (χ1) is 10.0. The van der Waals surface area contributed by atoms with Crippen molar-refractivity contribution in [3.05, 3.63) is 59.9 Å². The molecule has 0 aromatic heterocycles. The molecule has 2 aromatic rings. The number of nitrogens with zero attached hydrogens (tertiary/aromatic N) is 1. The summed E-state index contributed by atoms with van der Waals surface area (Å²) >= 11 is 5.74. The first-order valence-electron chi connectivity index (χ1n) is 6.43. The fraction of sp³-hybridized carbons (Fsp3) is 0.200. The molecule has 0 N–H and O–H groups in total. The maximum atomic E-state index is 13.9. The highest BCUT2D eigenvalue weighted by Crippen LogP contribution is 2.26. The lowest BCUT2D eigenvalue weighted by Crippen LogP contribution is -2.31. The van der Waals surface area contributed by atoms with Gasteiger partial charge in [-0.05, 0) is 36.8 Å². The van der Waals surface area contributed by atoms with E-state index in [9.17, 15) is 12.8 Å². The summed E-state index contributed by atoms with van der Waals surface area (Å²) in [6.07, 6.45) is 0. The quantitative estimate of drug-likeness (QED) is 0.784. The molecule has 0 saturated heterocycles. The van der Waals surface area contributed by atoms with Crippen LogP contribution in [0.15, 0.2) is 53.4 Å². The van der Waals surface area contributed by atoms with Gasteiger partial charge in [0.15, 0.2) is 0 Å². The first kappa shape index (κ1) is 15.8. The van der Waals surface area contributed by atoms with E-state index < -0.39 is 15.8 Å². The minimum absolute atomic E-state index is 0.0382. The van der Waals surface area contributed by atoms with Gasteiger partial charge in [-0.3, -0.25) is 4.31 Å². The number of rotatable bonds is 5. The van der Waals surface area contributed by atoms with Gasteiger partial charge in [-0.15, -0.1) is 11.6 Å². The van der Waals surface area contributed by atoms with Gasteiger partial charge >= 0.3 is 0 Å². The molecular formula is C15H15ClFNO2S. The van der Waals surface area contributed by atoms with E-state index >= 15 is 0 Å². The van der Waals surface area contributed by atoms with Gasteiger partial charge < -0.3 is 0 Å². The van der Waals surface area contributed by atoms with Crippen molar-refractivity contribution in [2.75, 3.05) is 10.8 Å². The standard InChI is InChI=1S/C15H15ClFNO2S/c1-2-18(15-9-4-3-8-14(15)17)21(19,20)13-7-5-6-12(10-13)11-16/h3-10H,2,11H2,1H3. The van der Waals surface area contributed by atoms with Crippen LogP contribution in [0.2, 0.25) is 0 Å². The first-order valence-corrected chi connectivity index (χ1v) is 8.40. The Labute approximate surface area is 129 Å². The fourth-order valence-electron chi connectivity index (χ4n) is 2.04. The summed E-state index contributed by atoms with van der Waals surface area (Å²) in [7, 11) is -3.82. The van der Waals surface area contributed by atoms with Gasteiger partial charge in [0.1, 0.15) is 5.82 Å². The maximum absolute atomic E-state index is 13.9. The van der Waals surface area contributed by atoms with Gasteiger partial charge in [0.25, 0.3) is 10.0 Å². The third-order valence-corrected chi connectivity index (χ3v) is 5.24. The van der Waals surface area contributed by atoms with Gasteiger partial charge in [0.2, 0.25) is 0 Å². The molecule has 0 amide bonds. The Kier molecular flexibility index (Phi) is 4.85. The van der Waals surface area contributed by atoms with Crippen LogP contribution in [0.4, 0.5) is 10.1 Å². The van der Waals surface area contributed by atoms with Crippen LogP contribution in [0.5, 0.6) is 0 Å². The average Bonchev–Trinajstić information content (AvgIpc) is 2.50. The highest BCUT2D eigenvalue weighted by Gasteiger charge is 2.25. The minimum Gasteiger partial charge on any atom is -0.264 e. The molecule has 0 aliphatic rings. The molecule has 2 aromatic carbocycles. The van der Waals surface area contributed by atoms with E-state index in [4.69, 9.17) is 11.6 Å². The van der Waals surface area contributed by atoms with Gasteiger partial charge in [0.05, 0.1) is 10.6 Å². The number of anilines is 1. The molecule has 3 nitrogen and oxygen atoms in total. The smallest absolute Gasteiger partial charge is 0.264 e. The van der Waals surface area contributed by atoms with Crippen molar-refractivity contribution in [2.24, 2.45) is 0 Å². The van der Waals surface area contributed by atoms with E-state index in [1.807, 2.05) is 0 Å². The van der Waals surface area contributed by atoms with E-state index in [-0.39, 0.29) is 23.0 Å². The second-order valence-corrected chi connectivity index (χ2v) is 6.53. The topological polar surface area (TPSA) is 37.4 Å². The van der Waals surface area contributed by atoms with Crippen LogP contribution in [-0.2, 0) is 15.9 Å². The SMILES string of the molecule is CCN(c1ccccc1F)S(=O)(=O)c1cccc(CCl)c1. The fourth-order valence-corrected chi connectivity index (χ4v) is 3.76. The zero-order valence-corrected chi connectivity index (χ0v) is 13.0. The Balaban J connectivity index is 2.52. The van der Waals surface area contributed by atoms with Gasteiger partial charge in [0, 0.05) is 12.4 Å². The largest absolute Gasteiger partial charge is 0.264 e. The van der Waals surface area contributed by atoms with Crippen molar-refractivity contribution < 1.29 is 12.8 Å². The van der Waals surface area contributed by atoms with Crippen LogP contribution in [0.25, 0.3) is 0 Å². The summed E-state index contributed by atoms with van der Waals surface area (Å²) in [5.74, 6) is -0.355. The highest BCUT2D eigenvalue weighted by molar-refractivity contribution is 7.92. The number of hydrogen-bond acceptors (Lipinski definition) is 2. The lowest BCUT2D eigenvalue weighted by molar-refractivity contribution is 0.586. The van der Waals surface area contributed by atoms with E-state index in [2.05, 4.69) is 0 Å². The molecule has 0 saturated carbocycles. The molecule has 0 atom stereocenters. The molecule has 0 aliphatic heterocycles. The molecule has 0 bridgehead atoms. The zero-order valence-electron chi connectivity index (χ0n) is 11.5. The Morgan fingerprint density at radius 2 is 1.86 bits per heavy atom. The van der Waals surface area contributed by atoms with Crippen molar-refractivity contribution in [3.63, 3.8) is 0 Å². The monoisotopic (exact) mass is 327 g/mol. The highest BCUT2D eigenvalue weighted by atomic mass is 35.5. The molecule has 0 fully saturated rings. The van der Waals surface area contributed by atoms with Crippen molar-refractivity contribution in [1.82, 2.24) is 0 Å². The molecule has 21 heavy (non-hydrogen) atoms. The Hall–Kier alpha value is -1.59. The Bertz CT molecular complexity index is 734. The van der Waals surface area contributed by atoms with E-state index in [1.165, 1.54) is 30.3 Å². The van der Waals surface area contributed by atoms with Crippen molar-refractivity contribution >= 4 is 27.3 Å². The van der Waals surface area contributed by atoms with E-state index in [1.54, 1.807) is 25.1 Å². The van der Waals surface area contributed by atoms with Crippen LogP contribution >= 0.6 is 11.6 Å². The molecule has 0 unspecified atom stereocenters. The molecule has 2 rings (SSSR count). The summed E-state index contributed by atoms with van der Waals surface area (Å²) in [4.78, 5) is 0.103. The van der Waals surface area contributed by atoms with Gasteiger partial charge in [-0.1, -0.05) is 24.3 Å². The van der Waals surface area contributed by atoms with Gasteiger partial charge in [-0.25, -0.2) is 12.8 Å². The summed E-state index contributed by atoms with van der Waals surface area (Å²) < 4.78 is 40.3. The lowest BCUT2D eigenvalue weighted by atomic mass is 10.2. The zero-order chi connectivity index (χ0) is 15.5.